The first kappa shape index (κ1) is 21.0. The Bertz CT molecular complexity index is 1050. The first-order valence-corrected chi connectivity index (χ1v) is 10.1. The van der Waals surface area contributed by atoms with Crippen molar-refractivity contribution in [2.45, 2.75) is 52.8 Å². The number of amides is 1. The number of hydrogen-bond donors (Lipinski definition) is 1. The molecule has 0 spiro atoms. The maximum atomic E-state index is 13.1. The molecule has 1 amide bonds. The zero-order valence-corrected chi connectivity index (χ0v) is 17.9. The minimum absolute atomic E-state index is 0.290. The summed E-state index contributed by atoms with van der Waals surface area (Å²) >= 11 is 1.26. The van der Waals surface area contributed by atoms with Gasteiger partial charge in [0.05, 0.1) is 12.2 Å². The van der Waals surface area contributed by atoms with E-state index in [0.29, 0.717) is 11.4 Å². The lowest BCUT2D eigenvalue weighted by atomic mass is 10.1. The Morgan fingerprint density at radius 3 is 2.55 bits per heavy atom. The number of ether oxygens (including phenoxy) is 1. The zero-order valence-electron chi connectivity index (χ0n) is 17.1. The van der Waals surface area contributed by atoms with Crippen molar-refractivity contribution in [3.63, 3.8) is 0 Å². The van der Waals surface area contributed by atoms with E-state index in [9.17, 15) is 14.0 Å². The third-order valence-corrected chi connectivity index (χ3v) is 5.33. The molecule has 0 aliphatic carbocycles. The van der Waals surface area contributed by atoms with Crippen molar-refractivity contribution in [1.29, 1.82) is 0 Å². The van der Waals surface area contributed by atoms with Gasteiger partial charge in [-0.25, -0.2) is 9.18 Å². The van der Waals surface area contributed by atoms with Crippen LogP contribution in [0.15, 0.2) is 30.3 Å². The highest BCUT2D eigenvalue weighted by Crippen LogP contribution is 2.29. The Morgan fingerprint density at radius 1 is 1.28 bits per heavy atom. The number of halogens is 1. The predicted octanol–water partition coefficient (Wildman–Crippen LogP) is 4.05. The number of benzene rings is 1. The molecule has 8 heteroatoms. The third kappa shape index (κ3) is 5.00. The Balaban J connectivity index is 1.78. The van der Waals surface area contributed by atoms with Gasteiger partial charge in [0.15, 0.2) is 6.10 Å². The average Bonchev–Trinajstić information content (AvgIpc) is 3.17. The van der Waals surface area contributed by atoms with Crippen molar-refractivity contribution in [1.82, 2.24) is 15.1 Å². The van der Waals surface area contributed by atoms with Crippen molar-refractivity contribution in [2.75, 3.05) is 0 Å². The normalized spacial score (nSPS) is 12.8. The van der Waals surface area contributed by atoms with Gasteiger partial charge < -0.3 is 10.1 Å². The Labute approximate surface area is 172 Å². The molecule has 6 nitrogen and oxygen atoms in total. The zero-order chi connectivity index (χ0) is 21.3. The molecular formula is C21H24FN3O3S. The number of nitrogens with zero attached hydrogens (tertiary/aromatic N) is 2. The number of aryl methyl sites for hydroxylation is 1. The summed E-state index contributed by atoms with van der Waals surface area (Å²) in [6.07, 6.45) is -0.899. The van der Waals surface area contributed by atoms with Gasteiger partial charge in [0.2, 0.25) is 0 Å². The van der Waals surface area contributed by atoms with E-state index in [1.807, 2.05) is 27.7 Å². The van der Waals surface area contributed by atoms with Gasteiger partial charge in [0.1, 0.15) is 15.5 Å². The minimum Gasteiger partial charge on any atom is -0.448 e. The number of nitrogens with one attached hydrogen (secondary N) is 1. The molecular weight excluding hydrogens is 393 g/mol. The van der Waals surface area contributed by atoms with Crippen molar-refractivity contribution in [3.8, 4) is 0 Å². The standard InChI is InChI=1S/C21H24FN3O3S/c1-12-16-10-17(20(27)28-13(2)18(26)23-21(3,4)5)29-19(16)25(24-12)11-14-6-8-15(22)9-7-14/h6-10,13H,11H2,1-5H3,(H,23,26)/t13-/m0/s1. The average molecular weight is 418 g/mol. The molecule has 3 aromatic rings. The second-order valence-corrected chi connectivity index (χ2v) is 9.02. The summed E-state index contributed by atoms with van der Waals surface area (Å²) in [5.74, 6) is -1.18. The second-order valence-electron chi connectivity index (χ2n) is 7.99. The van der Waals surface area contributed by atoms with Crippen LogP contribution < -0.4 is 5.32 Å². The van der Waals surface area contributed by atoms with Gasteiger partial charge in [0, 0.05) is 10.9 Å². The van der Waals surface area contributed by atoms with Crippen LogP contribution in [0.1, 0.15) is 48.6 Å². The largest absolute Gasteiger partial charge is 0.448 e. The highest BCUT2D eigenvalue weighted by atomic mass is 32.1. The lowest BCUT2D eigenvalue weighted by molar-refractivity contribution is -0.130. The lowest BCUT2D eigenvalue weighted by Crippen LogP contribution is -2.46. The smallest absolute Gasteiger partial charge is 0.349 e. The van der Waals surface area contributed by atoms with Crippen molar-refractivity contribution >= 4 is 33.4 Å². The van der Waals surface area contributed by atoms with E-state index >= 15 is 0 Å². The Morgan fingerprint density at radius 2 is 1.93 bits per heavy atom. The fraction of sp³-hybridized carbons (Fsp3) is 0.381. The van der Waals surface area contributed by atoms with Crippen LogP contribution in [0.5, 0.6) is 0 Å². The molecule has 0 saturated carbocycles. The van der Waals surface area contributed by atoms with Gasteiger partial charge in [-0.15, -0.1) is 11.3 Å². The Hall–Kier alpha value is -2.74. The maximum Gasteiger partial charge on any atom is 0.349 e. The number of carbonyl (C=O) groups excluding carboxylic acids is 2. The highest BCUT2D eigenvalue weighted by Gasteiger charge is 2.24. The highest BCUT2D eigenvalue weighted by molar-refractivity contribution is 7.20. The van der Waals surface area contributed by atoms with Crippen LogP contribution in [0.4, 0.5) is 4.39 Å². The van der Waals surface area contributed by atoms with E-state index in [1.54, 1.807) is 29.8 Å². The minimum atomic E-state index is -0.899. The van der Waals surface area contributed by atoms with Gasteiger partial charge in [-0.2, -0.15) is 5.10 Å². The number of aromatic nitrogens is 2. The molecule has 0 bridgehead atoms. The van der Waals surface area contributed by atoms with Gasteiger partial charge in [0.25, 0.3) is 5.91 Å². The molecule has 3 rings (SSSR count). The molecule has 1 atom stereocenters. The van der Waals surface area contributed by atoms with Gasteiger partial charge in [-0.1, -0.05) is 12.1 Å². The predicted molar refractivity (Wildman–Crippen MR) is 111 cm³/mol. The fourth-order valence-corrected chi connectivity index (χ4v) is 3.87. The van der Waals surface area contributed by atoms with E-state index < -0.39 is 17.6 Å². The quantitative estimate of drug-likeness (QED) is 0.636. The number of thiophene rings is 1. The monoisotopic (exact) mass is 417 g/mol. The maximum absolute atomic E-state index is 13.1. The van der Waals surface area contributed by atoms with E-state index in [0.717, 1.165) is 21.5 Å². The molecule has 0 fully saturated rings. The van der Waals surface area contributed by atoms with E-state index in [-0.39, 0.29) is 11.7 Å². The number of rotatable bonds is 5. The first-order chi connectivity index (χ1) is 13.5. The van der Waals surface area contributed by atoms with Crippen molar-refractivity contribution in [3.05, 3.63) is 52.3 Å². The van der Waals surface area contributed by atoms with Crippen molar-refractivity contribution in [2.24, 2.45) is 0 Å². The molecule has 1 N–H and O–H groups in total. The van der Waals surface area contributed by atoms with Crippen molar-refractivity contribution < 1.29 is 18.7 Å². The fourth-order valence-electron chi connectivity index (χ4n) is 2.83. The van der Waals surface area contributed by atoms with E-state index in [2.05, 4.69) is 10.4 Å². The summed E-state index contributed by atoms with van der Waals surface area (Å²) in [5, 5.41) is 8.16. The molecule has 0 unspecified atom stereocenters. The van der Waals surface area contributed by atoms with Gasteiger partial charge >= 0.3 is 5.97 Å². The van der Waals surface area contributed by atoms with E-state index in [4.69, 9.17) is 4.74 Å². The number of hydrogen-bond acceptors (Lipinski definition) is 5. The molecule has 2 heterocycles. The number of carbonyl (C=O) groups is 2. The first-order valence-electron chi connectivity index (χ1n) is 9.28. The molecule has 0 radical (unpaired) electrons. The molecule has 1 aromatic carbocycles. The summed E-state index contributed by atoms with van der Waals surface area (Å²) in [4.78, 5) is 25.9. The molecule has 29 heavy (non-hydrogen) atoms. The van der Waals surface area contributed by atoms with Crippen LogP contribution in [0.3, 0.4) is 0 Å². The number of fused-ring (bicyclic) bond motifs is 1. The summed E-state index contributed by atoms with van der Waals surface area (Å²) < 4.78 is 20.3. The number of esters is 1. The van der Waals surface area contributed by atoms with Gasteiger partial charge in [-0.3, -0.25) is 9.48 Å². The van der Waals surface area contributed by atoms with Crippen LogP contribution in [0.25, 0.3) is 10.2 Å². The second kappa shape index (κ2) is 7.94. The van der Waals surface area contributed by atoms with Crippen LogP contribution in [-0.4, -0.2) is 33.3 Å². The third-order valence-electron chi connectivity index (χ3n) is 4.21. The lowest BCUT2D eigenvalue weighted by Gasteiger charge is -2.23. The molecule has 0 aliphatic heterocycles. The van der Waals surface area contributed by atoms with Crippen LogP contribution in [0.2, 0.25) is 0 Å². The molecule has 2 aromatic heterocycles. The SMILES string of the molecule is Cc1nn(Cc2ccc(F)cc2)c2sc(C(=O)O[C@@H](C)C(=O)NC(C)(C)C)cc12. The van der Waals surface area contributed by atoms with Crippen LogP contribution in [0, 0.1) is 12.7 Å². The summed E-state index contributed by atoms with van der Waals surface area (Å²) in [6, 6.07) is 7.96. The van der Waals surface area contributed by atoms with Gasteiger partial charge in [-0.05, 0) is 58.4 Å². The van der Waals surface area contributed by atoms with E-state index in [1.165, 1.54) is 23.5 Å². The van der Waals surface area contributed by atoms with Crippen LogP contribution >= 0.6 is 11.3 Å². The Kier molecular flexibility index (Phi) is 5.75. The molecule has 0 aliphatic rings. The van der Waals surface area contributed by atoms with Crippen LogP contribution in [-0.2, 0) is 16.1 Å². The summed E-state index contributed by atoms with van der Waals surface area (Å²) in [5.41, 5.74) is 1.28. The topological polar surface area (TPSA) is 73.2 Å². The summed E-state index contributed by atoms with van der Waals surface area (Å²) in [6.45, 7) is 9.46. The summed E-state index contributed by atoms with van der Waals surface area (Å²) in [7, 11) is 0. The molecule has 154 valence electrons. The molecule has 0 saturated heterocycles.